The third-order valence-corrected chi connectivity index (χ3v) is 4.29. The third-order valence-electron chi connectivity index (χ3n) is 4.29. The van der Waals surface area contributed by atoms with Crippen LogP contribution < -0.4 is 0 Å². The van der Waals surface area contributed by atoms with E-state index in [2.05, 4.69) is 6.92 Å². The second-order valence-corrected chi connectivity index (χ2v) is 6.01. The van der Waals surface area contributed by atoms with Gasteiger partial charge in [0.25, 0.3) is 0 Å². The molecule has 0 radical (unpaired) electrons. The molecule has 0 aliphatic heterocycles. The molecule has 1 aliphatic carbocycles. The lowest BCUT2D eigenvalue weighted by atomic mass is 9.79. The molecule has 0 aromatic heterocycles. The van der Waals surface area contributed by atoms with Crippen molar-refractivity contribution in [2.45, 2.75) is 65.2 Å². The molecule has 1 N–H and O–H groups in total. The molecule has 1 rings (SSSR count). The van der Waals surface area contributed by atoms with Crippen molar-refractivity contribution in [3.8, 4) is 0 Å². The second-order valence-electron chi connectivity index (χ2n) is 6.01. The van der Waals surface area contributed by atoms with E-state index in [0.717, 1.165) is 38.0 Å². The van der Waals surface area contributed by atoms with E-state index in [0.29, 0.717) is 6.54 Å². The maximum absolute atomic E-state index is 12.4. The highest BCUT2D eigenvalue weighted by atomic mass is 16.4. The monoisotopic (exact) mass is 283 g/mol. The fourth-order valence-corrected chi connectivity index (χ4v) is 3.15. The minimum atomic E-state index is -0.913. The molecule has 4 heteroatoms. The molecule has 0 unspecified atom stereocenters. The van der Waals surface area contributed by atoms with Crippen LogP contribution in [-0.4, -0.2) is 35.0 Å². The van der Waals surface area contributed by atoms with Crippen LogP contribution in [0, 0.1) is 11.8 Å². The van der Waals surface area contributed by atoms with E-state index in [4.69, 9.17) is 5.11 Å². The summed E-state index contributed by atoms with van der Waals surface area (Å²) in [5, 5.41) is 8.90. The Morgan fingerprint density at radius 2 is 1.75 bits per heavy atom. The summed E-state index contributed by atoms with van der Waals surface area (Å²) >= 11 is 0. The summed E-state index contributed by atoms with van der Waals surface area (Å²) in [4.78, 5) is 24.8. The SMILES string of the molecule is CCCCC1CCC(C(=O)N(CCC)CC(=O)O)CC1. The van der Waals surface area contributed by atoms with Gasteiger partial charge in [-0.05, 0) is 38.0 Å². The molecule has 0 bridgehead atoms. The number of hydrogen-bond acceptors (Lipinski definition) is 2. The maximum Gasteiger partial charge on any atom is 0.323 e. The maximum atomic E-state index is 12.4. The van der Waals surface area contributed by atoms with Crippen LogP contribution in [0.3, 0.4) is 0 Å². The third kappa shape index (κ3) is 5.51. The second kappa shape index (κ2) is 8.98. The number of carbonyl (C=O) groups excluding carboxylic acids is 1. The van der Waals surface area contributed by atoms with Gasteiger partial charge in [0, 0.05) is 12.5 Å². The largest absolute Gasteiger partial charge is 0.480 e. The van der Waals surface area contributed by atoms with Crippen LogP contribution in [-0.2, 0) is 9.59 Å². The molecule has 116 valence electrons. The first-order chi connectivity index (χ1) is 9.58. The van der Waals surface area contributed by atoms with Crippen LogP contribution in [0.1, 0.15) is 65.2 Å². The molecular weight excluding hydrogens is 254 g/mol. The molecule has 0 aromatic carbocycles. The molecule has 0 atom stereocenters. The van der Waals surface area contributed by atoms with Crippen molar-refractivity contribution in [3.05, 3.63) is 0 Å². The summed E-state index contributed by atoms with van der Waals surface area (Å²) < 4.78 is 0. The van der Waals surface area contributed by atoms with E-state index in [1.807, 2.05) is 6.92 Å². The highest BCUT2D eigenvalue weighted by Crippen LogP contribution is 2.32. The summed E-state index contributed by atoms with van der Waals surface area (Å²) in [6.45, 7) is 4.59. The Morgan fingerprint density at radius 1 is 1.10 bits per heavy atom. The van der Waals surface area contributed by atoms with Crippen LogP contribution in [0.15, 0.2) is 0 Å². The number of carboxylic acids is 1. The normalized spacial score (nSPS) is 22.5. The standard InChI is InChI=1S/C16H29NO3/c1-3-5-6-13-7-9-14(10-8-13)16(20)17(11-4-2)12-15(18)19/h13-14H,3-12H2,1-2H3,(H,18,19). The summed E-state index contributed by atoms with van der Waals surface area (Å²) in [6, 6.07) is 0. The molecule has 0 aromatic rings. The van der Waals surface area contributed by atoms with Gasteiger partial charge in [-0.15, -0.1) is 0 Å². The number of amides is 1. The van der Waals surface area contributed by atoms with Gasteiger partial charge in [0.2, 0.25) is 5.91 Å². The molecule has 1 fully saturated rings. The van der Waals surface area contributed by atoms with Gasteiger partial charge in [0.05, 0.1) is 0 Å². The Morgan fingerprint density at radius 3 is 2.25 bits per heavy atom. The number of unbranched alkanes of at least 4 members (excludes halogenated alkanes) is 1. The molecule has 0 heterocycles. The van der Waals surface area contributed by atoms with Crippen molar-refractivity contribution in [3.63, 3.8) is 0 Å². The lowest BCUT2D eigenvalue weighted by Gasteiger charge is -2.31. The average Bonchev–Trinajstić information content (AvgIpc) is 2.44. The number of hydrogen-bond donors (Lipinski definition) is 1. The van der Waals surface area contributed by atoms with Gasteiger partial charge < -0.3 is 10.0 Å². The number of aliphatic carboxylic acids is 1. The fourth-order valence-electron chi connectivity index (χ4n) is 3.15. The van der Waals surface area contributed by atoms with Gasteiger partial charge in [-0.1, -0.05) is 33.1 Å². The van der Waals surface area contributed by atoms with Gasteiger partial charge in [-0.25, -0.2) is 0 Å². The minimum Gasteiger partial charge on any atom is -0.480 e. The lowest BCUT2D eigenvalue weighted by Crippen LogP contribution is -2.41. The van der Waals surface area contributed by atoms with E-state index in [9.17, 15) is 9.59 Å². The Hall–Kier alpha value is -1.06. The van der Waals surface area contributed by atoms with Crippen LogP contribution in [0.4, 0.5) is 0 Å². The summed E-state index contributed by atoms with van der Waals surface area (Å²) in [6.07, 6.45) is 8.75. The zero-order valence-corrected chi connectivity index (χ0v) is 12.9. The van der Waals surface area contributed by atoms with Crippen LogP contribution >= 0.6 is 0 Å². The highest BCUT2D eigenvalue weighted by Gasteiger charge is 2.29. The quantitative estimate of drug-likeness (QED) is 0.743. The molecule has 1 saturated carbocycles. The summed E-state index contributed by atoms with van der Waals surface area (Å²) in [7, 11) is 0. The van der Waals surface area contributed by atoms with Gasteiger partial charge in [-0.3, -0.25) is 9.59 Å². The molecule has 4 nitrogen and oxygen atoms in total. The van der Waals surface area contributed by atoms with Crippen molar-refractivity contribution in [1.82, 2.24) is 4.90 Å². The van der Waals surface area contributed by atoms with Crippen LogP contribution in [0.5, 0.6) is 0 Å². The number of carboxylic acid groups (broad SMARTS) is 1. The van der Waals surface area contributed by atoms with Crippen LogP contribution in [0.25, 0.3) is 0 Å². The molecule has 0 spiro atoms. The van der Waals surface area contributed by atoms with E-state index in [1.54, 1.807) is 0 Å². The molecular formula is C16H29NO3. The predicted molar refractivity (Wildman–Crippen MR) is 79.5 cm³/mol. The zero-order chi connectivity index (χ0) is 15.0. The number of carbonyl (C=O) groups is 2. The van der Waals surface area contributed by atoms with Crippen LogP contribution in [0.2, 0.25) is 0 Å². The Kier molecular flexibility index (Phi) is 7.63. The van der Waals surface area contributed by atoms with E-state index in [1.165, 1.54) is 24.2 Å². The first-order valence-corrected chi connectivity index (χ1v) is 8.09. The zero-order valence-electron chi connectivity index (χ0n) is 12.9. The topological polar surface area (TPSA) is 57.6 Å². The average molecular weight is 283 g/mol. The Balaban J connectivity index is 2.44. The first-order valence-electron chi connectivity index (χ1n) is 8.09. The fraction of sp³-hybridized carbons (Fsp3) is 0.875. The summed E-state index contributed by atoms with van der Waals surface area (Å²) in [5.74, 6) is -0.0245. The van der Waals surface area contributed by atoms with Crippen molar-refractivity contribution >= 4 is 11.9 Å². The van der Waals surface area contributed by atoms with Gasteiger partial charge >= 0.3 is 5.97 Å². The smallest absolute Gasteiger partial charge is 0.323 e. The van der Waals surface area contributed by atoms with Crippen molar-refractivity contribution in [2.24, 2.45) is 11.8 Å². The van der Waals surface area contributed by atoms with E-state index < -0.39 is 5.97 Å². The number of rotatable bonds is 8. The molecule has 0 saturated heterocycles. The Bertz CT molecular complexity index is 309. The van der Waals surface area contributed by atoms with Gasteiger partial charge in [0.15, 0.2) is 0 Å². The van der Waals surface area contributed by atoms with Crippen molar-refractivity contribution < 1.29 is 14.7 Å². The highest BCUT2D eigenvalue weighted by molar-refractivity contribution is 5.83. The molecule has 1 aliphatic rings. The van der Waals surface area contributed by atoms with Crippen molar-refractivity contribution in [2.75, 3.05) is 13.1 Å². The van der Waals surface area contributed by atoms with E-state index in [-0.39, 0.29) is 18.4 Å². The minimum absolute atomic E-state index is 0.0544. The lowest BCUT2D eigenvalue weighted by molar-refractivity contribution is -0.147. The van der Waals surface area contributed by atoms with E-state index >= 15 is 0 Å². The summed E-state index contributed by atoms with van der Waals surface area (Å²) in [5.41, 5.74) is 0. The van der Waals surface area contributed by atoms with Crippen molar-refractivity contribution in [1.29, 1.82) is 0 Å². The van der Waals surface area contributed by atoms with Gasteiger partial charge in [-0.2, -0.15) is 0 Å². The Labute approximate surface area is 122 Å². The number of nitrogens with zero attached hydrogens (tertiary/aromatic N) is 1. The van der Waals surface area contributed by atoms with Gasteiger partial charge in [0.1, 0.15) is 6.54 Å². The predicted octanol–water partition coefficient (Wildman–Crippen LogP) is 3.31. The first kappa shape index (κ1) is 17.0. The molecule has 20 heavy (non-hydrogen) atoms. The molecule has 1 amide bonds.